The number of carbonyl (C=O) groups excluding carboxylic acids is 1. The lowest BCUT2D eigenvalue weighted by Gasteiger charge is -2.45. The summed E-state index contributed by atoms with van der Waals surface area (Å²) in [5.74, 6) is 1.80. The Bertz CT molecular complexity index is 1120. The number of fused-ring (bicyclic) bond motifs is 2. The van der Waals surface area contributed by atoms with Crippen molar-refractivity contribution in [3.63, 3.8) is 0 Å². The van der Waals surface area contributed by atoms with E-state index in [1.165, 1.54) is 23.3 Å². The van der Waals surface area contributed by atoms with Gasteiger partial charge in [-0.25, -0.2) is 9.97 Å². The summed E-state index contributed by atoms with van der Waals surface area (Å²) in [7, 11) is 0. The second kappa shape index (κ2) is 7.88. The van der Waals surface area contributed by atoms with Crippen molar-refractivity contribution in [2.24, 2.45) is 4.99 Å². The molecule has 3 aliphatic rings. The number of nitrogens with zero attached hydrogens (tertiary/aromatic N) is 6. The van der Waals surface area contributed by atoms with E-state index in [1.807, 2.05) is 6.20 Å². The van der Waals surface area contributed by atoms with Crippen LogP contribution in [0.1, 0.15) is 68.5 Å². The maximum atomic E-state index is 10.8. The lowest BCUT2D eigenvalue weighted by atomic mass is 9.81. The molecule has 1 spiro atoms. The van der Waals surface area contributed by atoms with E-state index in [4.69, 9.17) is 9.72 Å². The van der Waals surface area contributed by atoms with Crippen molar-refractivity contribution in [2.45, 2.75) is 57.5 Å². The fourth-order valence-electron chi connectivity index (χ4n) is 4.30. The smallest absolute Gasteiger partial charge is 0.205 e. The second-order valence-electron chi connectivity index (χ2n) is 9.63. The van der Waals surface area contributed by atoms with Gasteiger partial charge in [0.25, 0.3) is 0 Å². The number of rotatable bonds is 3. The Kier molecular flexibility index (Phi) is 5.16. The molecule has 2 bridgehead atoms. The molecule has 8 nitrogen and oxygen atoms in total. The van der Waals surface area contributed by atoms with Gasteiger partial charge in [0.15, 0.2) is 6.29 Å². The molecule has 3 aliphatic heterocycles. The largest absolute Gasteiger partial charge is 0.489 e. The first-order valence-corrected chi connectivity index (χ1v) is 11.6. The number of hydrogen-bond donors (Lipinski definition) is 0. The van der Waals surface area contributed by atoms with Gasteiger partial charge in [0.05, 0.1) is 24.3 Å². The van der Waals surface area contributed by atoms with E-state index < -0.39 is 0 Å². The van der Waals surface area contributed by atoms with E-state index in [1.54, 1.807) is 6.20 Å². The van der Waals surface area contributed by atoms with Gasteiger partial charge in [0.2, 0.25) is 5.13 Å². The summed E-state index contributed by atoms with van der Waals surface area (Å²) >= 11 is 1.49. The molecule has 5 rings (SSSR count). The molecule has 2 fully saturated rings. The number of piperidine rings is 1. The fourth-order valence-corrected chi connectivity index (χ4v) is 5.21. The molecule has 0 atom stereocenters. The Morgan fingerprint density at radius 1 is 1.19 bits per heavy atom. The number of aliphatic imine (C=N–C) groups is 1. The molecule has 0 N–H and O–H groups in total. The molecule has 0 amide bonds. The number of aromatic nitrogens is 4. The number of ether oxygens (including phenoxy) is 1. The highest BCUT2D eigenvalue weighted by molar-refractivity contribution is 7.09. The van der Waals surface area contributed by atoms with E-state index in [0.29, 0.717) is 17.7 Å². The van der Waals surface area contributed by atoms with E-state index in [0.717, 1.165) is 61.2 Å². The lowest BCUT2D eigenvalue weighted by molar-refractivity contribution is -0.0346. The van der Waals surface area contributed by atoms with Crippen molar-refractivity contribution in [3.8, 4) is 0 Å². The normalized spacial score (nSPS) is 20.1. The zero-order chi connectivity index (χ0) is 22.3. The Hall–Kier alpha value is -2.94. The molecule has 0 radical (unpaired) electrons. The molecular weight excluding hydrogens is 424 g/mol. The summed E-state index contributed by atoms with van der Waals surface area (Å²) < 4.78 is 11.1. The van der Waals surface area contributed by atoms with E-state index >= 15 is 0 Å². The molecule has 2 aromatic rings. The van der Waals surface area contributed by atoms with Crippen molar-refractivity contribution in [1.29, 1.82) is 0 Å². The average Bonchev–Trinajstić information content (AvgIpc) is 3.22. The highest BCUT2D eigenvalue weighted by Gasteiger charge is 2.42. The van der Waals surface area contributed by atoms with Gasteiger partial charge in [-0.2, -0.15) is 4.37 Å². The van der Waals surface area contributed by atoms with Gasteiger partial charge in [-0.3, -0.25) is 14.8 Å². The molecule has 2 saturated heterocycles. The second-order valence-corrected chi connectivity index (χ2v) is 10.4. The maximum absolute atomic E-state index is 10.8. The summed E-state index contributed by atoms with van der Waals surface area (Å²) in [6.07, 6.45) is 11.2. The molecule has 166 valence electrons. The summed E-state index contributed by atoms with van der Waals surface area (Å²) in [5, 5.41) is 0.999. The van der Waals surface area contributed by atoms with Crippen molar-refractivity contribution >= 4 is 28.7 Å². The maximum Gasteiger partial charge on any atom is 0.205 e. The third-order valence-corrected chi connectivity index (χ3v) is 6.85. The zero-order valence-electron chi connectivity index (χ0n) is 18.5. The zero-order valence-corrected chi connectivity index (χ0v) is 19.4. The Labute approximate surface area is 191 Å². The Morgan fingerprint density at radius 2 is 2.00 bits per heavy atom. The number of allylic oxidation sites excluding steroid dienone is 2. The van der Waals surface area contributed by atoms with Gasteiger partial charge in [0.1, 0.15) is 28.6 Å². The number of aldehydes is 1. The Balaban J connectivity index is 1.30. The first kappa shape index (κ1) is 20.9. The van der Waals surface area contributed by atoms with Crippen LogP contribution in [0.5, 0.6) is 0 Å². The highest BCUT2D eigenvalue weighted by atomic mass is 32.1. The van der Waals surface area contributed by atoms with Crippen LogP contribution >= 0.6 is 11.5 Å². The van der Waals surface area contributed by atoms with Crippen molar-refractivity contribution in [1.82, 2.24) is 19.3 Å². The molecular formula is C23H26N6O2S. The SMILES string of the molecule is CC(C)(C)c1nsc(N2CCC3(CC2)CC2=CC(c4cnc(C=O)cn4)=NC=C(C2)O3)n1. The van der Waals surface area contributed by atoms with Crippen molar-refractivity contribution in [2.75, 3.05) is 18.0 Å². The van der Waals surface area contributed by atoms with Crippen molar-refractivity contribution < 1.29 is 9.53 Å². The van der Waals surface area contributed by atoms with Gasteiger partial charge < -0.3 is 9.64 Å². The average molecular weight is 451 g/mol. The fraction of sp³-hybridized carbons (Fsp3) is 0.478. The van der Waals surface area contributed by atoms with E-state index in [9.17, 15) is 4.79 Å². The molecule has 2 aromatic heterocycles. The van der Waals surface area contributed by atoms with Crippen LogP contribution < -0.4 is 4.90 Å². The van der Waals surface area contributed by atoms with Crippen LogP contribution in [0.4, 0.5) is 5.13 Å². The molecule has 9 heteroatoms. The minimum absolute atomic E-state index is 0.0392. The summed E-state index contributed by atoms with van der Waals surface area (Å²) in [4.78, 5) is 31.0. The number of carbonyl (C=O) groups is 1. The quantitative estimate of drug-likeness (QED) is 0.656. The molecule has 0 aliphatic carbocycles. The molecule has 5 heterocycles. The summed E-state index contributed by atoms with van der Waals surface area (Å²) in [6, 6.07) is 0. The van der Waals surface area contributed by atoms with Crippen LogP contribution in [0.15, 0.2) is 41.0 Å². The van der Waals surface area contributed by atoms with Gasteiger partial charge >= 0.3 is 0 Å². The first-order valence-electron chi connectivity index (χ1n) is 10.9. The number of hydrogen-bond acceptors (Lipinski definition) is 9. The molecule has 0 saturated carbocycles. The van der Waals surface area contributed by atoms with E-state index in [2.05, 4.69) is 51.1 Å². The van der Waals surface area contributed by atoms with Gasteiger partial charge in [-0.05, 0) is 6.08 Å². The topological polar surface area (TPSA) is 93.5 Å². The molecule has 32 heavy (non-hydrogen) atoms. The van der Waals surface area contributed by atoms with Crippen LogP contribution in [0.2, 0.25) is 0 Å². The first-order chi connectivity index (χ1) is 15.3. The van der Waals surface area contributed by atoms with Crippen LogP contribution in [0.3, 0.4) is 0 Å². The van der Waals surface area contributed by atoms with Gasteiger partial charge in [-0.1, -0.05) is 26.3 Å². The molecule has 0 aromatic carbocycles. The Morgan fingerprint density at radius 3 is 2.66 bits per heavy atom. The van der Waals surface area contributed by atoms with Gasteiger partial charge in [-0.15, -0.1) is 0 Å². The third kappa shape index (κ3) is 4.09. The molecule has 0 unspecified atom stereocenters. The van der Waals surface area contributed by atoms with E-state index in [-0.39, 0.29) is 11.0 Å². The summed E-state index contributed by atoms with van der Waals surface area (Å²) in [5.41, 5.74) is 2.76. The van der Waals surface area contributed by atoms with Crippen LogP contribution in [-0.4, -0.2) is 50.0 Å². The predicted molar refractivity (Wildman–Crippen MR) is 123 cm³/mol. The third-order valence-electron chi connectivity index (χ3n) is 6.07. The van der Waals surface area contributed by atoms with Crippen LogP contribution in [0.25, 0.3) is 0 Å². The van der Waals surface area contributed by atoms with Crippen molar-refractivity contribution in [3.05, 3.63) is 53.2 Å². The predicted octanol–water partition coefficient (Wildman–Crippen LogP) is 3.86. The monoisotopic (exact) mass is 450 g/mol. The summed E-state index contributed by atoms with van der Waals surface area (Å²) in [6.45, 7) is 8.21. The number of anilines is 1. The highest BCUT2D eigenvalue weighted by Crippen LogP contribution is 2.43. The standard InChI is InChI=1S/C23H26N6O2S/c1-22(2,3)20-27-21(32-28-20)29-6-4-23(5-7-29)10-15-8-17(31-23)12-26-18(9-15)19-13-24-16(14-30)11-25-19/h9,11-14H,4-8,10H2,1-3H3. The van der Waals surface area contributed by atoms with Crippen LogP contribution in [-0.2, 0) is 10.2 Å². The minimum atomic E-state index is -0.206. The van der Waals surface area contributed by atoms with Gasteiger partial charge in [0, 0.05) is 55.7 Å². The minimum Gasteiger partial charge on any atom is -0.489 e. The van der Waals surface area contributed by atoms with Crippen LogP contribution in [0, 0.1) is 0 Å². The lowest BCUT2D eigenvalue weighted by Crippen LogP contribution is -2.47.